The van der Waals surface area contributed by atoms with Crippen LogP contribution in [0.5, 0.6) is 5.75 Å². The van der Waals surface area contributed by atoms with Crippen molar-refractivity contribution in [3.05, 3.63) is 29.3 Å². The second-order valence-corrected chi connectivity index (χ2v) is 8.08. The van der Waals surface area contributed by atoms with Crippen molar-refractivity contribution in [1.82, 2.24) is 16.0 Å². The number of aliphatic imine (C=N–C) groups is 1. The van der Waals surface area contributed by atoms with Gasteiger partial charge in [0.25, 0.3) is 0 Å². The Morgan fingerprint density at radius 2 is 2.10 bits per heavy atom. The molecule has 1 saturated heterocycles. The van der Waals surface area contributed by atoms with Crippen molar-refractivity contribution in [2.45, 2.75) is 53.2 Å². The predicted molar refractivity (Wildman–Crippen MR) is 116 cm³/mol. The van der Waals surface area contributed by atoms with Crippen molar-refractivity contribution in [3.8, 4) is 5.75 Å². The van der Waals surface area contributed by atoms with Gasteiger partial charge in [-0.15, -0.1) is 0 Å². The predicted octanol–water partition coefficient (Wildman–Crippen LogP) is 2.38. The molecule has 1 atom stereocenters. The molecule has 162 valence electrons. The number of nitrogens with zero attached hydrogens (tertiary/aromatic N) is 1. The Morgan fingerprint density at radius 3 is 2.76 bits per heavy atom. The molecule has 0 aliphatic carbocycles. The molecule has 0 spiro atoms. The van der Waals surface area contributed by atoms with Crippen molar-refractivity contribution in [2.24, 2.45) is 10.4 Å². The number of carbonyl (C=O) groups excluding carboxylic acids is 1. The fraction of sp³-hybridized carbons (Fsp3) is 0.636. The first-order valence-corrected chi connectivity index (χ1v) is 10.4. The van der Waals surface area contributed by atoms with E-state index >= 15 is 0 Å². The molecule has 0 bridgehead atoms. The topological polar surface area (TPSA) is 84.0 Å². The van der Waals surface area contributed by atoms with Crippen LogP contribution in [0.4, 0.5) is 0 Å². The minimum absolute atomic E-state index is 0.0197. The standard InChI is InChI=1S/C22H36N4O3/c1-6-24-20(27)22(3,4)15-26-21(23-5)25-13-17-10-9-16(2)12-19(17)29-14-18-8-7-11-28-18/h9-10,12,18H,6-8,11,13-15H2,1-5H3,(H,24,27)(H2,23,25,26). The Kier molecular flexibility index (Phi) is 8.76. The van der Waals surface area contributed by atoms with Gasteiger partial charge in [-0.25, -0.2) is 0 Å². The number of ether oxygens (including phenoxy) is 2. The van der Waals surface area contributed by atoms with Crippen molar-refractivity contribution >= 4 is 11.9 Å². The second-order valence-electron chi connectivity index (χ2n) is 8.08. The fourth-order valence-corrected chi connectivity index (χ4v) is 3.09. The molecule has 7 heteroatoms. The molecular weight excluding hydrogens is 368 g/mol. The van der Waals surface area contributed by atoms with Crippen molar-refractivity contribution in [1.29, 1.82) is 0 Å². The molecule has 1 aliphatic heterocycles. The molecule has 0 saturated carbocycles. The Balaban J connectivity index is 1.92. The smallest absolute Gasteiger partial charge is 0.227 e. The number of amides is 1. The molecule has 1 aliphatic rings. The molecule has 2 rings (SSSR count). The molecule has 1 amide bonds. The molecule has 1 aromatic rings. The lowest BCUT2D eigenvalue weighted by molar-refractivity contribution is -0.128. The quantitative estimate of drug-likeness (QED) is 0.435. The number of guanidine groups is 1. The number of rotatable bonds is 9. The lowest BCUT2D eigenvalue weighted by Crippen LogP contribution is -2.47. The monoisotopic (exact) mass is 404 g/mol. The van der Waals surface area contributed by atoms with E-state index in [0.717, 1.165) is 36.3 Å². The van der Waals surface area contributed by atoms with E-state index in [1.807, 2.05) is 20.8 Å². The summed E-state index contributed by atoms with van der Waals surface area (Å²) in [6.07, 6.45) is 2.34. The van der Waals surface area contributed by atoms with Gasteiger partial charge < -0.3 is 25.4 Å². The van der Waals surface area contributed by atoms with E-state index in [0.29, 0.717) is 32.2 Å². The van der Waals surface area contributed by atoms with Crippen LogP contribution in [-0.2, 0) is 16.1 Å². The van der Waals surface area contributed by atoms with Gasteiger partial charge in [0.05, 0.1) is 11.5 Å². The van der Waals surface area contributed by atoms with Gasteiger partial charge in [-0.05, 0) is 52.2 Å². The van der Waals surface area contributed by atoms with Crippen molar-refractivity contribution < 1.29 is 14.3 Å². The highest BCUT2D eigenvalue weighted by Gasteiger charge is 2.27. The van der Waals surface area contributed by atoms with Crippen LogP contribution >= 0.6 is 0 Å². The molecule has 1 unspecified atom stereocenters. The third-order valence-electron chi connectivity index (χ3n) is 4.99. The van der Waals surface area contributed by atoms with Crippen LogP contribution in [0.2, 0.25) is 0 Å². The Labute approximate surface area is 174 Å². The summed E-state index contributed by atoms with van der Waals surface area (Å²) in [5.74, 6) is 1.53. The summed E-state index contributed by atoms with van der Waals surface area (Å²) in [5, 5.41) is 9.43. The van der Waals surface area contributed by atoms with Gasteiger partial charge >= 0.3 is 0 Å². The summed E-state index contributed by atoms with van der Waals surface area (Å²) in [4.78, 5) is 16.4. The maximum atomic E-state index is 12.2. The van der Waals surface area contributed by atoms with E-state index < -0.39 is 5.41 Å². The van der Waals surface area contributed by atoms with Gasteiger partial charge in [-0.1, -0.05) is 12.1 Å². The van der Waals surface area contributed by atoms with E-state index in [1.165, 1.54) is 0 Å². The van der Waals surface area contributed by atoms with Crippen LogP contribution in [-0.4, -0.2) is 51.3 Å². The number of benzene rings is 1. The summed E-state index contributed by atoms with van der Waals surface area (Å²) in [6, 6.07) is 6.20. The molecule has 29 heavy (non-hydrogen) atoms. The number of hydrogen-bond donors (Lipinski definition) is 3. The molecule has 1 aromatic carbocycles. The van der Waals surface area contributed by atoms with Gasteiger partial charge in [-0.3, -0.25) is 9.79 Å². The zero-order valence-electron chi connectivity index (χ0n) is 18.4. The van der Waals surface area contributed by atoms with Crippen LogP contribution in [0.25, 0.3) is 0 Å². The normalized spacial score (nSPS) is 17.1. The lowest BCUT2D eigenvalue weighted by Gasteiger charge is -2.25. The third kappa shape index (κ3) is 7.24. The van der Waals surface area contributed by atoms with Gasteiger partial charge in [0.15, 0.2) is 5.96 Å². The van der Waals surface area contributed by atoms with Gasteiger partial charge in [-0.2, -0.15) is 0 Å². The summed E-state index contributed by atoms with van der Waals surface area (Å²) in [6.45, 7) is 10.9. The number of carbonyl (C=O) groups is 1. The molecule has 0 aromatic heterocycles. The minimum Gasteiger partial charge on any atom is -0.491 e. The van der Waals surface area contributed by atoms with Gasteiger partial charge in [0.1, 0.15) is 12.4 Å². The van der Waals surface area contributed by atoms with Crippen LogP contribution in [0.3, 0.4) is 0 Å². The maximum Gasteiger partial charge on any atom is 0.227 e. The fourth-order valence-electron chi connectivity index (χ4n) is 3.09. The number of aryl methyl sites for hydroxylation is 1. The highest BCUT2D eigenvalue weighted by atomic mass is 16.5. The first-order valence-electron chi connectivity index (χ1n) is 10.4. The zero-order chi connectivity index (χ0) is 21.3. The maximum absolute atomic E-state index is 12.2. The summed E-state index contributed by atoms with van der Waals surface area (Å²) in [5.41, 5.74) is 1.68. The van der Waals surface area contributed by atoms with E-state index in [9.17, 15) is 4.79 Å². The molecule has 7 nitrogen and oxygen atoms in total. The molecule has 1 heterocycles. The Bertz CT molecular complexity index is 697. The molecule has 3 N–H and O–H groups in total. The van der Waals surface area contributed by atoms with E-state index in [-0.39, 0.29) is 12.0 Å². The Morgan fingerprint density at radius 1 is 1.31 bits per heavy atom. The van der Waals surface area contributed by atoms with Gasteiger partial charge in [0.2, 0.25) is 5.91 Å². The molecule has 1 fully saturated rings. The lowest BCUT2D eigenvalue weighted by atomic mass is 9.92. The SMILES string of the molecule is CCNC(=O)C(C)(C)CNC(=NC)NCc1ccc(C)cc1OCC1CCCO1. The average Bonchev–Trinajstić information content (AvgIpc) is 3.21. The summed E-state index contributed by atoms with van der Waals surface area (Å²) >= 11 is 0. The highest BCUT2D eigenvalue weighted by molar-refractivity contribution is 5.84. The first-order chi connectivity index (χ1) is 13.9. The second kappa shape index (κ2) is 11.0. The van der Waals surface area contributed by atoms with Crippen LogP contribution in [0.15, 0.2) is 23.2 Å². The van der Waals surface area contributed by atoms with Crippen LogP contribution in [0, 0.1) is 12.3 Å². The van der Waals surface area contributed by atoms with E-state index in [4.69, 9.17) is 9.47 Å². The Hall–Kier alpha value is -2.28. The van der Waals surface area contributed by atoms with Crippen LogP contribution in [0.1, 0.15) is 44.7 Å². The summed E-state index contributed by atoms with van der Waals surface area (Å²) < 4.78 is 11.7. The molecular formula is C22H36N4O3. The highest BCUT2D eigenvalue weighted by Crippen LogP contribution is 2.22. The first kappa shape index (κ1) is 23.0. The van der Waals surface area contributed by atoms with Crippen LogP contribution < -0.4 is 20.7 Å². The van der Waals surface area contributed by atoms with E-state index in [2.05, 4.69) is 46.1 Å². The largest absolute Gasteiger partial charge is 0.491 e. The summed E-state index contributed by atoms with van der Waals surface area (Å²) in [7, 11) is 1.72. The van der Waals surface area contributed by atoms with Gasteiger partial charge in [0, 0.05) is 38.9 Å². The minimum atomic E-state index is -0.535. The third-order valence-corrected chi connectivity index (χ3v) is 4.99. The zero-order valence-corrected chi connectivity index (χ0v) is 18.4. The number of hydrogen-bond acceptors (Lipinski definition) is 4. The van der Waals surface area contributed by atoms with Crippen molar-refractivity contribution in [2.75, 3.05) is 33.4 Å². The van der Waals surface area contributed by atoms with E-state index in [1.54, 1.807) is 7.05 Å². The average molecular weight is 405 g/mol. The number of nitrogens with one attached hydrogen (secondary N) is 3. The van der Waals surface area contributed by atoms with Crippen molar-refractivity contribution in [3.63, 3.8) is 0 Å². The molecule has 0 radical (unpaired) electrons.